The number of nitrogens with one attached hydrogen (secondary N) is 1. The van der Waals surface area contributed by atoms with E-state index in [1.54, 1.807) is 19.1 Å². The van der Waals surface area contributed by atoms with Gasteiger partial charge in [-0.1, -0.05) is 41.0 Å². The average Bonchev–Trinajstić information content (AvgIpc) is 2.57. The van der Waals surface area contributed by atoms with Crippen molar-refractivity contribution in [3.05, 3.63) is 39.5 Å². The summed E-state index contributed by atoms with van der Waals surface area (Å²) in [6.45, 7) is 2.50. The predicted octanol–water partition coefficient (Wildman–Crippen LogP) is 3.73. The molecule has 0 atom stereocenters. The number of esters is 1. The topological polar surface area (TPSA) is 77.0 Å². The van der Waals surface area contributed by atoms with E-state index in [1.807, 2.05) is 12.3 Å². The molecule has 0 aliphatic carbocycles. The van der Waals surface area contributed by atoms with Crippen LogP contribution in [0, 0.1) is 0 Å². The molecule has 2 rings (SSSR count). The fourth-order valence-corrected chi connectivity index (χ4v) is 2.71. The van der Waals surface area contributed by atoms with Crippen LogP contribution in [0.15, 0.2) is 23.4 Å². The number of thioether (sulfide) groups is 1. The van der Waals surface area contributed by atoms with Gasteiger partial charge in [0.25, 0.3) is 0 Å². The lowest BCUT2D eigenvalue weighted by Gasteiger charge is -2.10. The summed E-state index contributed by atoms with van der Waals surface area (Å²) in [6.07, 6.45) is 2.47. The largest absolute Gasteiger partial charge is 0.461 e. The van der Waals surface area contributed by atoms with Crippen LogP contribution in [0.25, 0.3) is 0 Å². The first-order chi connectivity index (χ1) is 11.5. The van der Waals surface area contributed by atoms with Gasteiger partial charge in [0.2, 0.25) is 10.9 Å². The van der Waals surface area contributed by atoms with Gasteiger partial charge in [-0.15, -0.1) is 10.2 Å². The Labute approximate surface area is 154 Å². The Balaban J connectivity index is 2.11. The van der Waals surface area contributed by atoms with Gasteiger partial charge in [0.15, 0.2) is 5.82 Å². The smallest absolute Gasteiger partial charge is 0.362 e. The second kappa shape index (κ2) is 9.05. The molecule has 0 aliphatic heterocycles. The van der Waals surface area contributed by atoms with E-state index in [4.69, 9.17) is 27.9 Å². The summed E-state index contributed by atoms with van der Waals surface area (Å²) < 4.78 is 4.97. The molecule has 0 radical (unpaired) electrons. The Hall–Kier alpha value is -1.57. The third kappa shape index (κ3) is 4.96. The van der Waals surface area contributed by atoms with Gasteiger partial charge in [-0.05, 0) is 37.3 Å². The Morgan fingerprint density at radius 3 is 2.79 bits per heavy atom. The van der Waals surface area contributed by atoms with Crippen LogP contribution < -0.4 is 5.32 Å². The van der Waals surface area contributed by atoms with Gasteiger partial charge in [-0.25, -0.2) is 9.78 Å². The number of halogens is 2. The zero-order chi connectivity index (χ0) is 17.5. The summed E-state index contributed by atoms with van der Waals surface area (Å²) in [5, 5.41) is 12.5. The lowest BCUT2D eigenvalue weighted by atomic mass is 10.1. The Kier molecular flexibility index (Phi) is 7.08. The van der Waals surface area contributed by atoms with Crippen molar-refractivity contribution in [1.29, 1.82) is 0 Å². The molecule has 0 aliphatic rings. The van der Waals surface area contributed by atoms with Crippen molar-refractivity contribution in [2.24, 2.45) is 0 Å². The third-order valence-electron chi connectivity index (χ3n) is 3.02. The minimum Gasteiger partial charge on any atom is -0.461 e. The molecule has 128 valence electrons. The normalized spacial score (nSPS) is 10.5. The molecular weight excluding hydrogens is 371 g/mol. The number of nitrogens with zero attached hydrogens (tertiary/aromatic N) is 3. The maximum atomic E-state index is 11.9. The SMILES string of the molecule is CCOC(=O)c1nnc(SC)nc1NCCc1ccc(Cl)cc1Cl. The lowest BCUT2D eigenvalue weighted by Crippen LogP contribution is -2.16. The van der Waals surface area contributed by atoms with Crippen LogP contribution in [0.4, 0.5) is 5.82 Å². The van der Waals surface area contributed by atoms with E-state index in [0.29, 0.717) is 34.0 Å². The van der Waals surface area contributed by atoms with Crippen molar-refractivity contribution in [1.82, 2.24) is 15.2 Å². The highest BCUT2D eigenvalue weighted by atomic mass is 35.5. The molecule has 1 heterocycles. The van der Waals surface area contributed by atoms with E-state index in [1.165, 1.54) is 11.8 Å². The van der Waals surface area contributed by atoms with E-state index >= 15 is 0 Å². The fourth-order valence-electron chi connectivity index (χ4n) is 1.90. The molecule has 0 saturated heterocycles. The van der Waals surface area contributed by atoms with E-state index in [-0.39, 0.29) is 12.3 Å². The fraction of sp³-hybridized carbons (Fsp3) is 0.333. The van der Waals surface area contributed by atoms with Gasteiger partial charge in [0.1, 0.15) is 0 Å². The number of rotatable bonds is 7. The number of benzene rings is 1. The number of carbonyl (C=O) groups is 1. The van der Waals surface area contributed by atoms with E-state index in [9.17, 15) is 4.79 Å². The number of carbonyl (C=O) groups excluding carboxylic acids is 1. The number of aromatic nitrogens is 3. The molecule has 1 aromatic heterocycles. The van der Waals surface area contributed by atoms with E-state index in [0.717, 1.165) is 5.56 Å². The highest BCUT2D eigenvalue weighted by Crippen LogP contribution is 2.22. The number of hydrogen-bond acceptors (Lipinski definition) is 7. The van der Waals surface area contributed by atoms with Gasteiger partial charge in [-0.2, -0.15) is 0 Å². The molecule has 0 amide bonds. The van der Waals surface area contributed by atoms with Crippen LogP contribution in [0.3, 0.4) is 0 Å². The van der Waals surface area contributed by atoms with Crippen LogP contribution >= 0.6 is 35.0 Å². The molecule has 0 fully saturated rings. The van der Waals surface area contributed by atoms with Crippen LogP contribution in [-0.4, -0.2) is 40.6 Å². The molecule has 24 heavy (non-hydrogen) atoms. The average molecular weight is 387 g/mol. The van der Waals surface area contributed by atoms with Crippen LogP contribution in [0.1, 0.15) is 23.0 Å². The van der Waals surface area contributed by atoms with Crippen LogP contribution in [-0.2, 0) is 11.2 Å². The quantitative estimate of drug-likeness (QED) is 0.573. The molecule has 1 aromatic carbocycles. The van der Waals surface area contributed by atoms with Crippen molar-refractivity contribution in [2.45, 2.75) is 18.5 Å². The number of hydrogen-bond donors (Lipinski definition) is 1. The molecular formula is C15H16Cl2N4O2S. The highest BCUT2D eigenvalue weighted by Gasteiger charge is 2.18. The number of anilines is 1. The van der Waals surface area contributed by atoms with Crippen molar-refractivity contribution < 1.29 is 9.53 Å². The van der Waals surface area contributed by atoms with Crippen LogP contribution in [0.2, 0.25) is 10.0 Å². The van der Waals surface area contributed by atoms with Gasteiger partial charge in [0, 0.05) is 16.6 Å². The molecule has 0 saturated carbocycles. The van der Waals surface area contributed by atoms with Crippen molar-refractivity contribution in [3.8, 4) is 0 Å². The summed E-state index contributed by atoms with van der Waals surface area (Å²) in [4.78, 5) is 16.2. The van der Waals surface area contributed by atoms with Gasteiger partial charge >= 0.3 is 5.97 Å². The molecule has 1 N–H and O–H groups in total. The van der Waals surface area contributed by atoms with E-state index < -0.39 is 5.97 Å². The van der Waals surface area contributed by atoms with Gasteiger partial charge < -0.3 is 10.1 Å². The second-order valence-electron chi connectivity index (χ2n) is 4.63. The van der Waals surface area contributed by atoms with Gasteiger partial charge in [-0.3, -0.25) is 0 Å². The summed E-state index contributed by atoms with van der Waals surface area (Å²) in [7, 11) is 0. The molecule has 9 heteroatoms. The summed E-state index contributed by atoms with van der Waals surface area (Å²) in [5.74, 6) is -0.213. The molecule has 0 bridgehead atoms. The zero-order valence-corrected chi connectivity index (χ0v) is 15.5. The maximum absolute atomic E-state index is 11.9. The molecule has 2 aromatic rings. The van der Waals surface area contributed by atoms with E-state index in [2.05, 4.69) is 20.5 Å². The summed E-state index contributed by atoms with van der Waals surface area (Å²) >= 11 is 13.4. The Morgan fingerprint density at radius 1 is 1.33 bits per heavy atom. The number of ether oxygens (including phenoxy) is 1. The van der Waals surface area contributed by atoms with Crippen LogP contribution in [0.5, 0.6) is 0 Å². The Morgan fingerprint density at radius 2 is 2.12 bits per heavy atom. The second-order valence-corrected chi connectivity index (χ2v) is 6.25. The lowest BCUT2D eigenvalue weighted by molar-refractivity contribution is 0.0518. The first-order valence-electron chi connectivity index (χ1n) is 7.18. The molecule has 0 unspecified atom stereocenters. The monoisotopic (exact) mass is 386 g/mol. The molecule has 6 nitrogen and oxygen atoms in total. The standard InChI is InChI=1S/C15H16Cl2N4O2S/c1-3-23-14(22)12-13(19-15(24-2)21-20-12)18-7-6-9-4-5-10(16)8-11(9)17/h4-5,8H,3,6-7H2,1-2H3,(H,18,19,21). The van der Waals surface area contributed by atoms with Gasteiger partial charge in [0.05, 0.1) is 6.61 Å². The zero-order valence-electron chi connectivity index (χ0n) is 13.2. The molecule has 0 spiro atoms. The first kappa shape index (κ1) is 18.8. The summed E-state index contributed by atoms with van der Waals surface area (Å²) in [6, 6.07) is 5.34. The first-order valence-corrected chi connectivity index (χ1v) is 9.16. The maximum Gasteiger partial charge on any atom is 0.362 e. The summed E-state index contributed by atoms with van der Waals surface area (Å²) in [5.41, 5.74) is 1.01. The van der Waals surface area contributed by atoms with Crippen molar-refractivity contribution in [2.75, 3.05) is 24.7 Å². The minimum atomic E-state index is -0.558. The van der Waals surface area contributed by atoms with Crippen molar-refractivity contribution in [3.63, 3.8) is 0 Å². The third-order valence-corrected chi connectivity index (χ3v) is 4.15. The Bertz CT molecular complexity index is 731. The predicted molar refractivity (Wildman–Crippen MR) is 96.2 cm³/mol. The van der Waals surface area contributed by atoms with Crippen molar-refractivity contribution >= 4 is 46.8 Å². The minimum absolute atomic E-state index is 0.0665. The highest BCUT2D eigenvalue weighted by molar-refractivity contribution is 7.98.